The normalized spacial score (nSPS) is 11.5. The molecule has 4 heteroatoms. The van der Waals surface area contributed by atoms with Crippen LogP contribution in [-0.2, 0) is 0 Å². The Morgan fingerprint density at radius 3 is 2.57 bits per heavy atom. The zero-order chi connectivity index (χ0) is 10.8. The highest BCUT2D eigenvalue weighted by Crippen LogP contribution is 2.21. The van der Waals surface area contributed by atoms with Gasteiger partial charge in [0.1, 0.15) is 11.6 Å². The Morgan fingerprint density at radius 1 is 1.50 bits per heavy atom. The molecule has 0 unspecified atom stereocenters. The van der Waals surface area contributed by atoms with Crippen LogP contribution < -0.4 is 4.90 Å². The maximum atomic E-state index is 12.6. The summed E-state index contributed by atoms with van der Waals surface area (Å²) in [7, 11) is 1.95. The van der Waals surface area contributed by atoms with Gasteiger partial charge in [0.25, 0.3) is 0 Å². The molecule has 0 N–H and O–H groups in total. The van der Waals surface area contributed by atoms with E-state index in [1.54, 1.807) is 6.07 Å². The monoisotopic (exact) mass is 260 g/mol. The van der Waals surface area contributed by atoms with Crippen molar-refractivity contribution >= 4 is 21.7 Å². The molecule has 0 aliphatic heterocycles. The Labute approximate surface area is 92.3 Å². The van der Waals surface area contributed by atoms with E-state index in [9.17, 15) is 4.39 Å². The van der Waals surface area contributed by atoms with E-state index in [0.29, 0.717) is 0 Å². The van der Waals surface area contributed by atoms with E-state index in [2.05, 4.69) is 34.8 Å². The van der Waals surface area contributed by atoms with Crippen LogP contribution in [-0.4, -0.2) is 22.9 Å². The molecular formula is C10H14BrFN2. The van der Waals surface area contributed by atoms with Gasteiger partial charge in [0, 0.05) is 17.9 Å². The van der Waals surface area contributed by atoms with Crippen LogP contribution in [0.2, 0.25) is 0 Å². The minimum atomic E-state index is -0.307. The molecule has 2 nitrogen and oxygen atoms in total. The topological polar surface area (TPSA) is 16.1 Å². The van der Waals surface area contributed by atoms with Gasteiger partial charge in [0.05, 0.1) is 6.20 Å². The van der Waals surface area contributed by atoms with Crippen molar-refractivity contribution < 1.29 is 4.39 Å². The highest BCUT2D eigenvalue weighted by atomic mass is 79.9. The molecule has 0 atom stereocenters. The summed E-state index contributed by atoms with van der Waals surface area (Å²) in [5.41, 5.74) is -0.0369. The third-order valence-corrected chi connectivity index (χ3v) is 3.66. The first-order chi connectivity index (χ1) is 6.47. The molecule has 78 valence electrons. The molecular weight excluding hydrogens is 247 g/mol. The molecule has 1 aromatic rings. The molecule has 0 saturated carbocycles. The number of pyridine rings is 1. The first-order valence-corrected chi connectivity index (χ1v) is 5.51. The summed E-state index contributed by atoms with van der Waals surface area (Å²) in [5, 5.41) is 0.829. The maximum absolute atomic E-state index is 12.6. The van der Waals surface area contributed by atoms with Crippen LogP contribution in [0.25, 0.3) is 0 Å². The number of aromatic nitrogens is 1. The van der Waals surface area contributed by atoms with Crippen molar-refractivity contribution in [3.63, 3.8) is 0 Å². The predicted octanol–water partition coefficient (Wildman–Crippen LogP) is 2.83. The highest BCUT2D eigenvalue weighted by Gasteiger charge is 2.22. The lowest BCUT2D eigenvalue weighted by atomic mass is 10.1. The van der Waals surface area contributed by atoms with Gasteiger partial charge in [-0.2, -0.15) is 0 Å². The molecule has 0 aromatic carbocycles. The van der Waals surface area contributed by atoms with Crippen LogP contribution in [0.15, 0.2) is 18.3 Å². The van der Waals surface area contributed by atoms with E-state index in [1.165, 1.54) is 12.3 Å². The second-order valence-corrected chi connectivity index (χ2v) is 4.40. The average Bonchev–Trinajstić information content (AvgIpc) is 2.18. The van der Waals surface area contributed by atoms with Gasteiger partial charge in [-0.3, -0.25) is 0 Å². The van der Waals surface area contributed by atoms with E-state index in [0.717, 1.165) is 11.1 Å². The minimum Gasteiger partial charge on any atom is -0.354 e. The second kappa shape index (κ2) is 4.26. The summed E-state index contributed by atoms with van der Waals surface area (Å²) in [6.45, 7) is 4.18. The summed E-state index contributed by atoms with van der Waals surface area (Å²) in [5.74, 6) is 0.467. The molecule has 14 heavy (non-hydrogen) atoms. The van der Waals surface area contributed by atoms with E-state index < -0.39 is 0 Å². The van der Waals surface area contributed by atoms with Crippen LogP contribution in [0.5, 0.6) is 0 Å². The van der Waals surface area contributed by atoms with Gasteiger partial charge in [0.15, 0.2) is 0 Å². The number of anilines is 1. The zero-order valence-electron chi connectivity index (χ0n) is 8.59. The summed E-state index contributed by atoms with van der Waals surface area (Å²) in [6.07, 6.45) is 1.23. The lowest BCUT2D eigenvalue weighted by Crippen LogP contribution is -2.43. The number of nitrogens with zero attached hydrogens (tertiary/aromatic N) is 2. The number of alkyl halides is 1. The van der Waals surface area contributed by atoms with Gasteiger partial charge in [-0.25, -0.2) is 9.37 Å². The smallest absolute Gasteiger partial charge is 0.141 e. The average molecular weight is 261 g/mol. The van der Waals surface area contributed by atoms with E-state index in [4.69, 9.17) is 0 Å². The highest BCUT2D eigenvalue weighted by molar-refractivity contribution is 9.09. The van der Waals surface area contributed by atoms with E-state index >= 15 is 0 Å². The second-order valence-electron chi connectivity index (χ2n) is 3.84. The van der Waals surface area contributed by atoms with Crippen LogP contribution in [0, 0.1) is 5.82 Å². The van der Waals surface area contributed by atoms with E-state index in [1.807, 2.05) is 11.9 Å². The van der Waals surface area contributed by atoms with Gasteiger partial charge in [-0.15, -0.1) is 0 Å². The molecule has 0 aliphatic rings. The van der Waals surface area contributed by atoms with Gasteiger partial charge in [-0.05, 0) is 26.0 Å². The van der Waals surface area contributed by atoms with Gasteiger partial charge in [0.2, 0.25) is 0 Å². The van der Waals surface area contributed by atoms with Crippen molar-refractivity contribution in [2.24, 2.45) is 0 Å². The predicted molar refractivity (Wildman–Crippen MR) is 60.5 cm³/mol. The summed E-state index contributed by atoms with van der Waals surface area (Å²) < 4.78 is 12.6. The van der Waals surface area contributed by atoms with E-state index in [-0.39, 0.29) is 11.4 Å². The van der Waals surface area contributed by atoms with Crippen LogP contribution >= 0.6 is 15.9 Å². The SMILES string of the molecule is CN(c1ccc(F)cn1)C(C)(C)CBr. The molecule has 0 saturated heterocycles. The van der Waals surface area contributed by atoms with Crippen molar-refractivity contribution in [2.45, 2.75) is 19.4 Å². The fourth-order valence-electron chi connectivity index (χ4n) is 0.966. The standard InChI is InChI=1S/C10H14BrFN2/c1-10(2,7-11)14(3)9-5-4-8(12)6-13-9/h4-6H,7H2,1-3H3. The third kappa shape index (κ3) is 2.44. The molecule has 0 aliphatic carbocycles. The molecule has 0 bridgehead atoms. The molecule has 1 rings (SSSR count). The van der Waals surface area contributed by atoms with Crippen molar-refractivity contribution in [1.29, 1.82) is 0 Å². The van der Waals surface area contributed by atoms with Crippen molar-refractivity contribution in [3.8, 4) is 0 Å². The Morgan fingerprint density at radius 2 is 2.14 bits per heavy atom. The lowest BCUT2D eigenvalue weighted by Gasteiger charge is -2.34. The first kappa shape index (κ1) is 11.4. The van der Waals surface area contributed by atoms with Crippen molar-refractivity contribution in [3.05, 3.63) is 24.1 Å². The summed E-state index contributed by atoms with van der Waals surface area (Å²) in [6, 6.07) is 3.10. The molecule has 0 spiro atoms. The van der Waals surface area contributed by atoms with Gasteiger partial charge in [-0.1, -0.05) is 15.9 Å². The largest absolute Gasteiger partial charge is 0.354 e. The maximum Gasteiger partial charge on any atom is 0.141 e. The van der Waals surface area contributed by atoms with Crippen molar-refractivity contribution in [2.75, 3.05) is 17.3 Å². The number of halogens is 2. The van der Waals surface area contributed by atoms with Gasteiger partial charge >= 0.3 is 0 Å². The number of rotatable bonds is 3. The molecule has 1 heterocycles. The fourth-order valence-corrected chi connectivity index (χ4v) is 1.34. The number of hydrogen-bond donors (Lipinski definition) is 0. The first-order valence-electron chi connectivity index (χ1n) is 4.39. The minimum absolute atomic E-state index is 0.0369. The lowest BCUT2D eigenvalue weighted by molar-refractivity contribution is 0.544. The van der Waals surface area contributed by atoms with Crippen LogP contribution in [0.4, 0.5) is 10.2 Å². The van der Waals surface area contributed by atoms with Gasteiger partial charge < -0.3 is 4.90 Å². The van der Waals surface area contributed by atoms with Crippen LogP contribution in [0.3, 0.4) is 0 Å². The molecule has 0 radical (unpaired) electrons. The Hall–Kier alpha value is -0.640. The summed E-state index contributed by atoms with van der Waals surface area (Å²) in [4.78, 5) is 6.04. The molecule has 0 amide bonds. The molecule has 0 fully saturated rings. The number of hydrogen-bond acceptors (Lipinski definition) is 2. The summed E-state index contributed by atoms with van der Waals surface area (Å²) >= 11 is 3.44. The third-order valence-electron chi connectivity index (χ3n) is 2.29. The van der Waals surface area contributed by atoms with Crippen LogP contribution in [0.1, 0.15) is 13.8 Å². The Balaban J connectivity index is 2.89. The molecule has 1 aromatic heterocycles. The van der Waals surface area contributed by atoms with Crippen molar-refractivity contribution in [1.82, 2.24) is 4.98 Å². The Kier molecular flexibility index (Phi) is 3.48. The quantitative estimate of drug-likeness (QED) is 0.778. The fraction of sp³-hybridized carbons (Fsp3) is 0.500. The zero-order valence-corrected chi connectivity index (χ0v) is 10.2. The Bertz CT molecular complexity index is 297.